The first-order valence-electron chi connectivity index (χ1n) is 4.45. The maximum absolute atomic E-state index is 11.4. The molecule has 1 N–H and O–H groups in total. The van der Waals surface area contributed by atoms with Crippen LogP contribution in [0.15, 0.2) is 11.6 Å². The van der Waals surface area contributed by atoms with Crippen LogP contribution < -0.4 is 5.32 Å². The number of Topliss-reactive ketones (excluding diaryl/α,β-unsaturated/α-hetero) is 1. The van der Waals surface area contributed by atoms with Crippen LogP contribution in [0.3, 0.4) is 0 Å². The predicted molar refractivity (Wildman–Crippen MR) is 50.0 cm³/mol. The Bertz CT molecular complexity index is 216. The Balaban J connectivity index is 2.78. The van der Waals surface area contributed by atoms with Crippen molar-refractivity contribution in [3.8, 4) is 0 Å². The highest BCUT2D eigenvalue weighted by molar-refractivity contribution is 5.96. The summed E-state index contributed by atoms with van der Waals surface area (Å²) in [5.41, 5.74) is 1.16. The topological polar surface area (TPSA) is 29.1 Å². The number of allylic oxidation sites excluding steroid dienone is 1. The molecule has 0 radical (unpaired) electrons. The van der Waals surface area contributed by atoms with Crippen LogP contribution in [0.25, 0.3) is 0 Å². The molecule has 0 unspecified atom stereocenters. The molecule has 0 bridgehead atoms. The summed E-state index contributed by atoms with van der Waals surface area (Å²) < 4.78 is 0. The van der Waals surface area contributed by atoms with Gasteiger partial charge in [-0.15, -0.1) is 0 Å². The summed E-state index contributed by atoms with van der Waals surface area (Å²) in [6.45, 7) is 5.06. The van der Waals surface area contributed by atoms with E-state index < -0.39 is 0 Å². The number of hydrogen-bond donors (Lipinski definition) is 1. The summed E-state index contributed by atoms with van der Waals surface area (Å²) in [5.74, 6) is 0.309. The lowest BCUT2D eigenvalue weighted by atomic mass is 9.79. The lowest BCUT2D eigenvalue weighted by Gasteiger charge is -2.26. The first-order valence-corrected chi connectivity index (χ1v) is 4.45. The molecule has 68 valence electrons. The zero-order chi connectivity index (χ0) is 9.19. The number of hydrogen-bond acceptors (Lipinski definition) is 2. The van der Waals surface area contributed by atoms with E-state index in [2.05, 4.69) is 25.2 Å². The molecule has 0 saturated heterocycles. The Morgan fingerprint density at radius 1 is 1.58 bits per heavy atom. The second-order valence-electron chi connectivity index (χ2n) is 4.11. The van der Waals surface area contributed by atoms with E-state index in [9.17, 15) is 4.79 Å². The Hall–Kier alpha value is -0.630. The number of ketones is 1. The summed E-state index contributed by atoms with van der Waals surface area (Å²) in [5, 5.41) is 3.02. The maximum atomic E-state index is 11.4. The van der Waals surface area contributed by atoms with Gasteiger partial charge >= 0.3 is 0 Å². The molecule has 2 heteroatoms. The highest BCUT2D eigenvalue weighted by Crippen LogP contribution is 2.30. The fraction of sp³-hybridized carbons (Fsp3) is 0.700. The van der Waals surface area contributed by atoms with Crippen LogP contribution in [-0.2, 0) is 4.79 Å². The Labute approximate surface area is 74.0 Å². The molecule has 1 aliphatic carbocycles. The van der Waals surface area contributed by atoms with E-state index in [0.717, 1.165) is 12.0 Å². The Morgan fingerprint density at radius 3 is 2.83 bits per heavy atom. The second-order valence-corrected chi connectivity index (χ2v) is 4.11. The third-order valence-electron chi connectivity index (χ3n) is 2.29. The molecule has 0 amide bonds. The summed E-state index contributed by atoms with van der Waals surface area (Å²) in [4.78, 5) is 11.4. The number of nitrogens with one attached hydrogen (secondary N) is 1. The van der Waals surface area contributed by atoms with Gasteiger partial charge in [-0.05, 0) is 18.9 Å². The van der Waals surface area contributed by atoms with Crippen molar-refractivity contribution in [1.82, 2.24) is 5.32 Å². The quantitative estimate of drug-likeness (QED) is 0.675. The van der Waals surface area contributed by atoms with Crippen LogP contribution in [-0.4, -0.2) is 19.4 Å². The molecule has 0 saturated carbocycles. The molecule has 0 aromatic heterocycles. The van der Waals surface area contributed by atoms with E-state index in [1.54, 1.807) is 0 Å². The van der Waals surface area contributed by atoms with Crippen molar-refractivity contribution in [2.75, 3.05) is 13.6 Å². The second kappa shape index (κ2) is 3.40. The molecule has 0 fully saturated rings. The third kappa shape index (κ3) is 2.18. The SMILES string of the molecule is CNCC1=CC(C)(C)CCC1=O. The normalized spacial score (nSPS) is 22.2. The van der Waals surface area contributed by atoms with Gasteiger partial charge in [-0.2, -0.15) is 0 Å². The van der Waals surface area contributed by atoms with Gasteiger partial charge in [0.1, 0.15) is 0 Å². The van der Waals surface area contributed by atoms with Gasteiger partial charge in [0.2, 0.25) is 0 Å². The van der Waals surface area contributed by atoms with Gasteiger partial charge in [-0.3, -0.25) is 4.79 Å². The molecule has 2 nitrogen and oxygen atoms in total. The van der Waals surface area contributed by atoms with E-state index in [-0.39, 0.29) is 5.41 Å². The van der Waals surface area contributed by atoms with E-state index in [1.165, 1.54) is 0 Å². The summed E-state index contributed by atoms with van der Waals surface area (Å²) in [6.07, 6.45) is 3.80. The fourth-order valence-electron chi connectivity index (χ4n) is 1.56. The van der Waals surface area contributed by atoms with Crippen LogP contribution in [0.5, 0.6) is 0 Å². The van der Waals surface area contributed by atoms with Crippen molar-refractivity contribution in [3.05, 3.63) is 11.6 Å². The molecule has 12 heavy (non-hydrogen) atoms. The highest BCUT2D eigenvalue weighted by atomic mass is 16.1. The molecule has 1 aliphatic rings. The number of carbonyl (C=O) groups excluding carboxylic acids is 1. The third-order valence-corrected chi connectivity index (χ3v) is 2.29. The lowest BCUT2D eigenvalue weighted by molar-refractivity contribution is -0.116. The van der Waals surface area contributed by atoms with Gasteiger partial charge < -0.3 is 5.32 Å². The molecule has 0 heterocycles. The lowest BCUT2D eigenvalue weighted by Crippen LogP contribution is -2.25. The number of rotatable bonds is 2. The molecule has 0 spiro atoms. The zero-order valence-electron chi connectivity index (χ0n) is 8.11. The van der Waals surface area contributed by atoms with Crippen LogP contribution in [0, 0.1) is 5.41 Å². The minimum Gasteiger partial charge on any atom is -0.316 e. The standard InChI is InChI=1S/C10H17NO/c1-10(2)5-4-9(12)8(6-10)7-11-3/h6,11H,4-5,7H2,1-3H3. The summed E-state index contributed by atoms with van der Waals surface area (Å²) in [7, 11) is 1.87. The van der Waals surface area contributed by atoms with Gasteiger partial charge in [0, 0.05) is 18.5 Å². The van der Waals surface area contributed by atoms with Gasteiger partial charge in [0.25, 0.3) is 0 Å². The molecule has 0 atom stereocenters. The number of likely N-dealkylation sites (N-methyl/N-ethyl adjacent to an activating group) is 1. The van der Waals surface area contributed by atoms with Crippen molar-refractivity contribution < 1.29 is 4.79 Å². The largest absolute Gasteiger partial charge is 0.316 e. The van der Waals surface area contributed by atoms with Crippen LogP contribution in [0.2, 0.25) is 0 Å². The first kappa shape index (κ1) is 9.46. The van der Waals surface area contributed by atoms with Gasteiger partial charge in [0.05, 0.1) is 0 Å². The van der Waals surface area contributed by atoms with Crippen LogP contribution in [0.4, 0.5) is 0 Å². The van der Waals surface area contributed by atoms with E-state index in [0.29, 0.717) is 18.7 Å². The molecule has 0 aliphatic heterocycles. The van der Waals surface area contributed by atoms with Gasteiger partial charge in [0.15, 0.2) is 5.78 Å². The molecule has 0 aromatic carbocycles. The Kier molecular flexibility index (Phi) is 2.68. The summed E-state index contributed by atoms with van der Waals surface area (Å²) >= 11 is 0. The fourth-order valence-corrected chi connectivity index (χ4v) is 1.56. The van der Waals surface area contributed by atoms with E-state index in [1.807, 2.05) is 7.05 Å². The predicted octanol–water partition coefficient (Wildman–Crippen LogP) is 1.52. The van der Waals surface area contributed by atoms with E-state index in [4.69, 9.17) is 0 Å². The van der Waals surface area contributed by atoms with Crippen LogP contribution >= 0.6 is 0 Å². The van der Waals surface area contributed by atoms with Gasteiger partial charge in [-0.1, -0.05) is 19.9 Å². The zero-order valence-corrected chi connectivity index (χ0v) is 8.11. The number of carbonyl (C=O) groups is 1. The molecular weight excluding hydrogens is 150 g/mol. The van der Waals surface area contributed by atoms with Crippen LogP contribution in [0.1, 0.15) is 26.7 Å². The molecule has 1 rings (SSSR count). The average molecular weight is 167 g/mol. The van der Waals surface area contributed by atoms with Crippen molar-refractivity contribution in [1.29, 1.82) is 0 Å². The monoisotopic (exact) mass is 167 g/mol. The van der Waals surface area contributed by atoms with Crippen molar-refractivity contribution in [2.45, 2.75) is 26.7 Å². The Morgan fingerprint density at radius 2 is 2.25 bits per heavy atom. The van der Waals surface area contributed by atoms with Crippen molar-refractivity contribution in [2.24, 2.45) is 5.41 Å². The minimum absolute atomic E-state index is 0.208. The first-order chi connectivity index (χ1) is 5.55. The summed E-state index contributed by atoms with van der Waals surface area (Å²) in [6, 6.07) is 0. The van der Waals surface area contributed by atoms with Gasteiger partial charge in [-0.25, -0.2) is 0 Å². The molecule has 0 aromatic rings. The maximum Gasteiger partial charge on any atom is 0.159 e. The van der Waals surface area contributed by atoms with Crippen molar-refractivity contribution >= 4 is 5.78 Å². The average Bonchev–Trinajstić information content (AvgIpc) is 1.97. The molecular formula is C10H17NO. The van der Waals surface area contributed by atoms with E-state index >= 15 is 0 Å². The highest BCUT2D eigenvalue weighted by Gasteiger charge is 2.24. The van der Waals surface area contributed by atoms with Crippen molar-refractivity contribution in [3.63, 3.8) is 0 Å². The smallest absolute Gasteiger partial charge is 0.159 e. The minimum atomic E-state index is 0.208.